The smallest absolute Gasteiger partial charge is 0.326 e. The highest BCUT2D eigenvalue weighted by molar-refractivity contribution is 5.76. The van der Waals surface area contributed by atoms with E-state index in [1.54, 1.807) is 6.08 Å². The second-order valence-electron chi connectivity index (χ2n) is 3.53. The Morgan fingerprint density at radius 1 is 1.56 bits per heavy atom. The Morgan fingerprint density at radius 2 is 2.12 bits per heavy atom. The number of carboxylic acids is 1. The summed E-state index contributed by atoms with van der Waals surface area (Å²) in [4.78, 5) is 19.1. The van der Waals surface area contributed by atoms with Gasteiger partial charge in [0.1, 0.15) is 6.04 Å². The van der Waals surface area contributed by atoms with Crippen molar-refractivity contribution in [3.8, 4) is 0 Å². The van der Waals surface area contributed by atoms with E-state index in [0.29, 0.717) is 12.4 Å². The predicted molar refractivity (Wildman–Crippen MR) is 61.4 cm³/mol. The number of hydrogen-bond donors (Lipinski definition) is 2. The summed E-state index contributed by atoms with van der Waals surface area (Å²) in [5.74, 6) is -0.602. The van der Waals surface area contributed by atoms with E-state index < -0.39 is 12.0 Å². The van der Waals surface area contributed by atoms with E-state index in [1.165, 1.54) is 0 Å². The average molecular weight is 221 g/mol. The standard InChI is InChI=1S/C11H15N3O2/c1-4-5-9(10(15)16)14-11-12-7(2)6-8(3)13-11/h4,6,9H,1,5H2,2-3H3,(H,15,16)(H,12,13,14). The zero-order chi connectivity index (χ0) is 12.1. The summed E-state index contributed by atoms with van der Waals surface area (Å²) in [6.45, 7) is 7.19. The molecule has 0 radical (unpaired) electrons. The van der Waals surface area contributed by atoms with Gasteiger partial charge in [-0.3, -0.25) is 0 Å². The highest BCUT2D eigenvalue weighted by atomic mass is 16.4. The third kappa shape index (κ3) is 3.34. The first-order valence-electron chi connectivity index (χ1n) is 4.95. The molecule has 1 atom stereocenters. The average Bonchev–Trinajstić information content (AvgIpc) is 2.15. The molecule has 1 unspecified atom stereocenters. The van der Waals surface area contributed by atoms with E-state index in [9.17, 15) is 4.79 Å². The molecule has 1 heterocycles. The number of carboxylic acid groups (broad SMARTS) is 1. The molecule has 2 N–H and O–H groups in total. The molecule has 5 heteroatoms. The fraction of sp³-hybridized carbons (Fsp3) is 0.364. The van der Waals surface area contributed by atoms with Crippen molar-refractivity contribution in [3.05, 3.63) is 30.1 Å². The molecule has 0 aliphatic rings. The lowest BCUT2D eigenvalue weighted by Gasteiger charge is -2.12. The molecular formula is C11H15N3O2. The van der Waals surface area contributed by atoms with E-state index in [2.05, 4.69) is 21.9 Å². The number of hydrogen-bond acceptors (Lipinski definition) is 4. The maximum absolute atomic E-state index is 10.9. The van der Waals surface area contributed by atoms with Gasteiger partial charge in [0, 0.05) is 11.4 Å². The summed E-state index contributed by atoms with van der Waals surface area (Å²) in [6.07, 6.45) is 1.88. The van der Waals surface area contributed by atoms with Gasteiger partial charge in [-0.2, -0.15) is 0 Å². The van der Waals surface area contributed by atoms with Crippen LogP contribution in [0, 0.1) is 13.8 Å². The highest BCUT2D eigenvalue weighted by Gasteiger charge is 2.16. The largest absolute Gasteiger partial charge is 0.480 e. The zero-order valence-electron chi connectivity index (χ0n) is 9.40. The molecular weight excluding hydrogens is 206 g/mol. The van der Waals surface area contributed by atoms with Crippen LogP contribution in [0.5, 0.6) is 0 Å². The SMILES string of the molecule is C=CCC(Nc1nc(C)cc(C)n1)C(=O)O. The van der Waals surface area contributed by atoms with Crippen LogP contribution in [-0.2, 0) is 4.79 Å². The quantitative estimate of drug-likeness (QED) is 0.737. The minimum absolute atomic E-state index is 0.325. The molecule has 86 valence electrons. The molecule has 16 heavy (non-hydrogen) atoms. The summed E-state index contributed by atoms with van der Waals surface area (Å²) in [6, 6.07) is 1.09. The Kier molecular flexibility index (Phi) is 3.99. The Labute approximate surface area is 94.2 Å². The van der Waals surface area contributed by atoms with Crippen LogP contribution in [0.4, 0.5) is 5.95 Å². The minimum atomic E-state index is -0.942. The number of carbonyl (C=O) groups is 1. The molecule has 0 aromatic carbocycles. The van der Waals surface area contributed by atoms with E-state index in [1.807, 2.05) is 19.9 Å². The first-order chi connectivity index (χ1) is 7.52. The molecule has 0 aliphatic heterocycles. The fourth-order valence-corrected chi connectivity index (χ4v) is 1.33. The monoisotopic (exact) mass is 221 g/mol. The van der Waals surface area contributed by atoms with Crippen LogP contribution in [0.15, 0.2) is 18.7 Å². The number of aromatic nitrogens is 2. The van der Waals surface area contributed by atoms with Gasteiger partial charge in [0.15, 0.2) is 0 Å². The molecule has 5 nitrogen and oxygen atoms in total. The van der Waals surface area contributed by atoms with E-state index in [-0.39, 0.29) is 0 Å². The van der Waals surface area contributed by atoms with Crippen molar-refractivity contribution in [3.63, 3.8) is 0 Å². The third-order valence-corrected chi connectivity index (χ3v) is 1.99. The van der Waals surface area contributed by atoms with Gasteiger partial charge < -0.3 is 10.4 Å². The van der Waals surface area contributed by atoms with E-state index in [4.69, 9.17) is 5.11 Å². The molecule has 0 spiro atoms. The normalized spacial score (nSPS) is 11.9. The summed E-state index contributed by atoms with van der Waals surface area (Å²) < 4.78 is 0. The first kappa shape index (κ1) is 12.2. The van der Waals surface area contributed by atoms with Gasteiger partial charge in [-0.15, -0.1) is 6.58 Å². The second-order valence-corrected chi connectivity index (χ2v) is 3.53. The Bertz CT molecular complexity index is 384. The van der Waals surface area contributed by atoms with Gasteiger partial charge in [0.25, 0.3) is 0 Å². The van der Waals surface area contributed by atoms with Crippen LogP contribution in [-0.4, -0.2) is 27.1 Å². The van der Waals surface area contributed by atoms with Crippen molar-refractivity contribution in [2.24, 2.45) is 0 Å². The Balaban J connectivity index is 2.84. The molecule has 0 amide bonds. The summed E-state index contributed by atoms with van der Waals surface area (Å²) >= 11 is 0. The second kappa shape index (κ2) is 5.25. The summed E-state index contributed by atoms with van der Waals surface area (Å²) in [7, 11) is 0. The van der Waals surface area contributed by atoms with E-state index >= 15 is 0 Å². The number of aryl methyl sites for hydroxylation is 2. The topological polar surface area (TPSA) is 75.1 Å². The molecule has 0 aliphatic carbocycles. The van der Waals surface area contributed by atoms with Crippen molar-refractivity contribution in [1.29, 1.82) is 0 Å². The molecule has 1 aromatic rings. The Hall–Kier alpha value is -1.91. The molecule has 0 saturated carbocycles. The fourth-order valence-electron chi connectivity index (χ4n) is 1.33. The lowest BCUT2D eigenvalue weighted by molar-refractivity contribution is -0.137. The van der Waals surface area contributed by atoms with Crippen LogP contribution < -0.4 is 5.32 Å². The molecule has 1 aromatic heterocycles. The molecule has 0 fully saturated rings. The summed E-state index contributed by atoms with van der Waals surface area (Å²) in [5.41, 5.74) is 1.61. The van der Waals surface area contributed by atoms with Crippen LogP contribution in [0.2, 0.25) is 0 Å². The van der Waals surface area contributed by atoms with Gasteiger partial charge >= 0.3 is 5.97 Å². The summed E-state index contributed by atoms with van der Waals surface area (Å²) in [5, 5.41) is 11.7. The number of anilines is 1. The highest BCUT2D eigenvalue weighted by Crippen LogP contribution is 2.07. The number of nitrogens with zero attached hydrogens (tertiary/aromatic N) is 2. The molecule has 0 bridgehead atoms. The Morgan fingerprint density at radius 3 is 2.56 bits per heavy atom. The lowest BCUT2D eigenvalue weighted by Crippen LogP contribution is -2.29. The van der Waals surface area contributed by atoms with Crippen molar-refractivity contribution < 1.29 is 9.90 Å². The molecule has 0 saturated heterocycles. The van der Waals surface area contributed by atoms with Crippen molar-refractivity contribution in [2.45, 2.75) is 26.3 Å². The van der Waals surface area contributed by atoms with Gasteiger partial charge in [0.05, 0.1) is 0 Å². The lowest BCUT2D eigenvalue weighted by atomic mass is 10.2. The zero-order valence-corrected chi connectivity index (χ0v) is 9.40. The number of rotatable bonds is 5. The predicted octanol–water partition coefficient (Wildman–Crippen LogP) is 1.53. The van der Waals surface area contributed by atoms with Gasteiger partial charge in [-0.25, -0.2) is 14.8 Å². The van der Waals surface area contributed by atoms with Crippen molar-refractivity contribution in [1.82, 2.24) is 9.97 Å². The first-order valence-corrected chi connectivity index (χ1v) is 4.95. The maximum atomic E-state index is 10.9. The van der Waals surface area contributed by atoms with Crippen molar-refractivity contribution >= 4 is 11.9 Å². The van der Waals surface area contributed by atoms with Crippen LogP contribution >= 0.6 is 0 Å². The number of nitrogens with one attached hydrogen (secondary N) is 1. The van der Waals surface area contributed by atoms with Crippen LogP contribution in [0.25, 0.3) is 0 Å². The van der Waals surface area contributed by atoms with Gasteiger partial charge in [-0.1, -0.05) is 6.08 Å². The van der Waals surface area contributed by atoms with Crippen LogP contribution in [0.3, 0.4) is 0 Å². The maximum Gasteiger partial charge on any atom is 0.326 e. The molecule has 1 rings (SSSR count). The van der Waals surface area contributed by atoms with Crippen LogP contribution in [0.1, 0.15) is 17.8 Å². The third-order valence-electron chi connectivity index (χ3n) is 1.99. The minimum Gasteiger partial charge on any atom is -0.480 e. The van der Waals surface area contributed by atoms with Gasteiger partial charge in [-0.05, 0) is 26.3 Å². The van der Waals surface area contributed by atoms with E-state index in [0.717, 1.165) is 11.4 Å². The van der Waals surface area contributed by atoms with Crippen molar-refractivity contribution in [2.75, 3.05) is 5.32 Å². The number of aliphatic carboxylic acids is 1. The van der Waals surface area contributed by atoms with Gasteiger partial charge in [0.2, 0.25) is 5.95 Å².